The molecule has 2 rings (SSSR count). The van der Waals surface area contributed by atoms with Crippen molar-refractivity contribution < 1.29 is 72.8 Å². The van der Waals surface area contributed by atoms with Gasteiger partial charge >= 0.3 is 64.2 Å². The van der Waals surface area contributed by atoms with Crippen LogP contribution in [0.15, 0.2) is 54.2 Å². The molecule has 0 aromatic heterocycles. The largest absolute Gasteiger partial charge is 1.00 e. The van der Waals surface area contributed by atoms with E-state index in [9.17, 15) is 9.90 Å². The summed E-state index contributed by atoms with van der Waals surface area (Å²) in [4.78, 5) is 12.0. The average Bonchev–Trinajstić information content (AvgIpc) is 2.70. The van der Waals surface area contributed by atoms with Crippen LogP contribution < -0.4 is 69.7 Å². The first-order chi connectivity index (χ1) is 13.9. The van der Waals surface area contributed by atoms with Crippen molar-refractivity contribution in [1.82, 2.24) is 0 Å². The third kappa shape index (κ3) is 9.19. The molecular weight excluding hydrogens is 450 g/mol. The number of allylic oxidation sites excluding steroid dienone is 3. The third-order valence-electron chi connectivity index (χ3n) is 5.33. The molecule has 0 heterocycles. The van der Waals surface area contributed by atoms with Crippen LogP contribution in [-0.2, 0) is 16.0 Å². The number of carbonyl (C=O) groups is 1. The van der Waals surface area contributed by atoms with Crippen LogP contribution in [-0.4, -0.2) is 23.8 Å². The number of nitrogens with two attached hydrogens (primary N) is 2. The van der Waals surface area contributed by atoms with E-state index < -0.39 is 12.1 Å². The Morgan fingerprint density at radius 2 is 2.03 bits per heavy atom. The van der Waals surface area contributed by atoms with E-state index in [4.69, 9.17) is 16.2 Å². The maximum absolute atomic E-state index is 12.0. The first-order valence-electron chi connectivity index (χ1n) is 10.2. The second kappa shape index (κ2) is 14.4. The van der Waals surface area contributed by atoms with Crippen molar-refractivity contribution in [3.63, 3.8) is 0 Å². The van der Waals surface area contributed by atoms with E-state index in [-0.39, 0.29) is 71.2 Å². The maximum atomic E-state index is 12.0. The molecule has 1 fully saturated rings. The van der Waals surface area contributed by atoms with Crippen LogP contribution in [0.5, 0.6) is 0 Å². The van der Waals surface area contributed by atoms with Crippen molar-refractivity contribution in [2.45, 2.75) is 51.6 Å². The number of aliphatic hydroxyl groups excluding tert-OH is 1. The number of benzene rings is 1. The van der Waals surface area contributed by atoms with E-state index in [2.05, 4.69) is 19.1 Å². The van der Waals surface area contributed by atoms with Gasteiger partial charge in [-0.3, -0.25) is 4.79 Å². The fourth-order valence-corrected chi connectivity index (χ4v) is 3.51. The Hall–Kier alpha value is -0.725. The molecule has 0 radical (unpaired) electrons. The topological polar surface area (TPSA) is 98.6 Å². The quantitative estimate of drug-likeness (QED) is 0.212. The summed E-state index contributed by atoms with van der Waals surface area (Å²) in [5.41, 5.74) is 15.4. The van der Waals surface area contributed by atoms with E-state index in [1.807, 2.05) is 19.1 Å². The Bertz CT molecular complexity index is 768. The molecular formula is C24H33N2O3Rb. The number of carbonyl (C=O) groups excluding carboxylic acids is 1. The Morgan fingerprint density at radius 1 is 1.33 bits per heavy atom. The predicted molar refractivity (Wildman–Crippen MR) is 119 cm³/mol. The van der Waals surface area contributed by atoms with Gasteiger partial charge in [-0.25, -0.2) is 0 Å². The number of nitrogen functional groups attached to an aromatic ring is 2. The molecule has 30 heavy (non-hydrogen) atoms. The van der Waals surface area contributed by atoms with Gasteiger partial charge in [0.1, 0.15) is 0 Å². The summed E-state index contributed by atoms with van der Waals surface area (Å²) in [5.74, 6) is 0.0899. The number of rotatable bonds is 9. The Kier molecular flexibility index (Phi) is 13.1. The van der Waals surface area contributed by atoms with Gasteiger partial charge in [0.15, 0.2) is 0 Å². The molecule has 0 aliphatic heterocycles. The maximum Gasteiger partial charge on any atom is 1.00 e. The smallest absolute Gasteiger partial charge is 0.465 e. The molecule has 1 atom stereocenters. The second-order valence-corrected chi connectivity index (χ2v) is 7.49. The van der Waals surface area contributed by atoms with Crippen LogP contribution in [0.4, 0.5) is 11.4 Å². The van der Waals surface area contributed by atoms with Crippen LogP contribution in [0.1, 0.15) is 44.6 Å². The van der Waals surface area contributed by atoms with Gasteiger partial charge in [-0.15, -0.1) is 0 Å². The van der Waals surface area contributed by atoms with E-state index in [0.29, 0.717) is 29.3 Å². The van der Waals surface area contributed by atoms with Crippen molar-refractivity contribution in [1.29, 1.82) is 0 Å². The van der Waals surface area contributed by atoms with Gasteiger partial charge in [-0.1, -0.05) is 43.7 Å². The molecule has 0 spiro atoms. The molecule has 5 nitrogen and oxygen atoms in total. The molecule has 0 amide bonds. The SMILES string of the molecule is C=C(/C=C\C(=C/C)C1CC[CH-]CC1)C(O)CC(=O)OCCc1ccc(N)cc1N.[Rb+]. The molecule has 158 valence electrons. The molecule has 5 N–H and O–H groups in total. The number of anilines is 2. The van der Waals surface area contributed by atoms with Crippen LogP contribution in [0, 0.1) is 12.3 Å². The molecule has 0 bridgehead atoms. The Labute approximate surface area is 229 Å². The molecule has 1 aromatic carbocycles. The Balaban J connectivity index is 0.00000450. The summed E-state index contributed by atoms with van der Waals surface area (Å²) in [6.07, 6.45) is 12.3. The minimum Gasteiger partial charge on any atom is -0.465 e. The zero-order chi connectivity index (χ0) is 21.2. The fourth-order valence-electron chi connectivity index (χ4n) is 3.51. The van der Waals surface area contributed by atoms with E-state index in [1.54, 1.807) is 18.2 Å². The second-order valence-electron chi connectivity index (χ2n) is 7.49. The third-order valence-corrected chi connectivity index (χ3v) is 5.33. The molecule has 1 aromatic rings. The van der Waals surface area contributed by atoms with Gasteiger partial charge in [0, 0.05) is 17.8 Å². The number of ether oxygens (including phenoxy) is 1. The van der Waals surface area contributed by atoms with Crippen molar-refractivity contribution >= 4 is 17.3 Å². The summed E-state index contributed by atoms with van der Waals surface area (Å²) in [5, 5.41) is 10.3. The molecule has 1 unspecified atom stereocenters. The van der Waals surface area contributed by atoms with Crippen LogP contribution in [0.25, 0.3) is 0 Å². The van der Waals surface area contributed by atoms with Crippen molar-refractivity contribution in [3.8, 4) is 0 Å². The average molecular weight is 483 g/mol. The van der Waals surface area contributed by atoms with Crippen LogP contribution in [0.2, 0.25) is 0 Å². The van der Waals surface area contributed by atoms with E-state index in [1.165, 1.54) is 5.57 Å². The van der Waals surface area contributed by atoms with Crippen molar-refractivity contribution in [2.24, 2.45) is 5.92 Å². The van der Waals surface area contributed by atoms with Gasteiger partial charge in [0.25, 0.3) is 0 Å². The summed E-state index contributed by atoms with van der Waals surface area (Å²) >= 11 is 0. The van der Waals surface area contributed by atoms with Crippen LogP contribution >= 0.6 is 0 Å². The van der Waals surface area contributed by atoms with Gasteiger partial charge in [-0.05, 0) is 41.7 Å². The predicted octanol–water partition coefficient (Wildman–Crippen LogP) is 1.14. The zero-order valence-corrected chi connectivity index (χ0v) is 23.2. The summed E-state index contributed by atoms with van der Waals surface area (Å²) in [7, 11) is 0. The monoisotopic (exact) mass is 482 g/mol. The molecule has 0 saturated heterocycles. The minimum atomic E-state index is -0.960. The zero-order valence-electron chi connectivity index (χ0n) is 18.3. The van der Waals surface area contributed by atoms with Gasteiger partial charge in [-0.2, -0.15) is 12.8 Å². The minimum absolute atomic E-state index is 0. The summed E-state index contributed by atoms with van der Waals surface area (Å²) in [6, 6.07) is 5.27. The first-order valence-corrected chi connectivity index (χ1v) is 10.2. The molecule has 6 heteroatoms. The van der Waals surface area contributed by atoms with Crippen molar-refractivity contribution in [2.75, 3.05) is 18.1 Å². The number of esters is 1. The Morgan fingerprint density at radius 3 is 2.67 bits per heavy atom. The fraction of sp³-hybridized carbons (Fsp3) is 0.417. The summed E-state index contributed by atoms with van der Waals surface area (Å²) in [6.45, 7) is 6.13. The first kappa shape index (κ1) is 27.3. The molecule has 1 aliphatic carbocycles. The number of aliphatic hydroxyl groups is 1. The standard InChI is InChI=1S/C24H33N2O3.Rb/c1-3-18(19-7-5-4-6-8-19)10-9-17(2)23(27)16-24(28)29-14-13-20-11-12-21(25)15-22(20)26;/h3-4,9-12,15,19,23,27H,2,5-8,13-14,16,25-26H2,1H3;/q-1;+1/b10-9-,18-3+;. The van der Waals surface area contributed by atoms with Crippen LogP contribution in [0.3, 0.4) is 0 Å². The number of hydrogen-bond acceptors (Lipinski definition) is 5. The van der Waals surface area contributed by atoms with Gasteiger partial charge < -0.3 is 27.7 Å². The normalized spacial score (nSPS) is 16.1. The van der Waals surface area contributed by atoms with Crippen molar-refractivity contribution in [3.05, 3.63) is 66.1 Å². The number of hydrogen-bond donors (Lipinski definition) is 3. The van der Waals surface area contributed by atoms with Gasteiger partial charge in [0.05, 0.1) is 19.1 Å². The molecule has 1 saturated carbocycles. The van der Waals surface area contributed by atoms with E-state index >= 15 is 0 Å². The van der Waals surface area contributed by atoms with E-state index in [0.717, 1.165) is 31.2 Å². The molecule has 1 aliphatic rings. The summed E-state index contributed by atoms with van der Waals surface area (Å²) < 4.78 is 5.23. The van der Waals surface area contributed by atoms with Gasteiger partial charge in [0.2, 0.25) is 0 Å².